The van der Waals surface area contributed by atoms with Crippen LogP contribution in [0.25, 0.3) is 0 Å². The molecule has 0 aromatic heterocycles. The highest BCUT2D eigenvalue weighted by Gasteiger charge is 2.18. The molecule has 1 rings (SSSR count). The monoisotopic (exact) mass is 260 g/mol. The highest BCUT2D eigenvalue weighted by Crippen LogP contribution is 2.18. The van der Waals surface area contributed by atoms with Crippen LogP contribution in [0.1, 0.15) is 47.3 Å². The van der Waals surface area contributed by atoms with Crippen molar-refractivity contribution < 1.29 is 14.3 Å². The number of carbonyl (C=O) groups excluding carboxylic acids is 2. The van der Waals surface area contributed by atoms with E-state index in [9.17, 15) is 9.59 Å². The molecule has 0 aliphatic carbocycles. The first-order valence-corrected chi connectivity index (χ1v) is 6.38. The van der Waals surface area contributed by atoms with Crippen LogP contribution >= 0.6 is 0 Å². The number of hydrogen-bond acceptors (Lipinski definition) is 3. The number of hydrogen-bond donors (Lipinski definition) is 0. The second-order valence-corrected chi connectivity index (χ2v) is 4.75. The predicted molar refractivity (Wildman–Crippen MR) is 75.1 cm³/mol. The molecule has 102 valence electrons. The second kappa shape index (κ2) is 6.32. The Hall–Kier alpha value is -1.90. The number of esters is 2. The van der Waals surface area contributed by atoms with Gasteiger partial charge in [0, 0.05) is 5.57 Å². The topological polar surface area (TPSA) is 43.4 Å². The molecule has 0 atom stereocenters. The van der Waals surface area contributed by atoms with Gasteiger partial charge in [0.25, 0.3) is 0 Å². The maximum atomic E-state index is 12.0. The van der Waals surface area contributed by atoms with Crippen molar-refractivity contribution >= 4 is 11.9 Å². The minimum absolute atomic E-state index is 0.457. The van der Waals surface area contributed by atoms with E-state index in [1.165, 1.54) is 0 Å². The van der Waals surface area contributed by atoms with E-state index < -0.39 is 11.9 Å². The number of aryl methyl sites for hydroxylation is 3. The highest BCUT2D eigenvalue weighted by molar-refractivity contribution is 6.03. The number of rotatable bonds is 3. The van der Waals surface area contributed by atoms with Crippen LogP contribution in [0.4, 0.5) is 0 Å². The average Bonchev–Trinajstić information content (AvgIpc) is 2.27. The summed E-state index contributed by atoms with van der Waals surface area (Å²) in [5.41, 5.74) is 3.67. The van der Waals surface area contributed by atoms with E-state index in [0.29, 0.717) is 11.1 Å². The zero-order chi connectivity index (χ0) is 14.6. The normalized spacial score (nSPS) is 11.3. The Morgan fingerprint density at radius 2 is 1.68 bits per heavy atom. The molecule has 0 fully saturated rings. The van der Waals surface area contributed by atoms with Gasteiger partial charge in [-0.3, -0.25) is 0 Å². The van der Waals surface area contributed by atoms with E-state index >= 15 is 0 Å². The molecule has 3 heteroatoms. The third-order valence-electron chi connectivity index (χ3n) is 2.90. The quantitative estimate of drug-likeness (QED) is 0.473. The molecule has 0 spiro atoms. The lowest BCUT2D eigenvalue weighted by Crippen LogP contribution is -2.15. The second-order valence-electron chi connectivity index (χ2n) is 4.75. The summed E-state index contributed by atoms with van der Waals surface area (Å²) in [4.78, 5) is 23.7. The Balaban J connectivity index is 2.97. The van der Waals surface area contributed by atoms with Crippen molar-refractivity contribution in [3.05, 3.63) is 46.0 Å². The minimum atomic E-state index is -0.580. The van der Waals surface area contributed by atoms with Crippen LogP contribution in [0.5, 0.6) is 0 Å². The molecule has 0 radical (unpaired) electrons. The lowest BCUT2D eigenvalue weighted by molar-refractivity contribution is -0.133. The van der Waals surface area contributed by atoms with Crippen molar-refractivity contribution in [3.8, 4) is 0 Å². The van der Waals surface area contributed by atoms with E-state index in [-0.39, 0.29) is 0 Å². The Kier molecular flexibility index (Phi) is 5.04. The van der Waals surface area contributed by atoms with Gasteiger partial charge >= 0.3 is 11.9 Å². The number of carbonyl (C=O) groups is 2. The van der Waals surface area contributed by atoms with Gasteiger partial charge < -0.3 is 4.74 Å². The summed E-state index contributed by atoms with van der Waals surface area (Å²) >= 11 is 0. The van der Waals surface area contributed by atoms with Gasteiger partial charge in [0.2, 0.25) is 0 Å². The molecular weight excluding hydrogens is 240 g/mol. The van der Waals surface area contributed by atoms with Crippen molar-refractivity contribution in [2.75, 3.05) is 0 Å². The molecule has 19 heavy (non-hydrogen) atoms. The fraction of sp³-hybridized carbons (Fsp3) is 0.375. The van der Waals surface area contributed by atoms with E-state index in [0.717, 1.165) is 23.1 Å². The summed E-state index contributed by atoms with van der Waals surface area (Å²) in [5, 5.41) is 0. The molecule has 0 saturated heterocycles. The van der Waals surface area contributed by atoms with Crippen LogP contribution in [-0.2, 0) is 9.53 Å². The Morgan fingerprint density at radius 1 is 1.16 bits per heavy atom. The Labute approximate surface area is 114 Å². The third kappa shape index (κ3) is 3.78. The fourth-order valence-electron chi connectivity index (χ4n) is 2.11. The number of allylic oxidation sites excluding steroid dienone is 1. The summed E-state index contributed by atoms with van der Waals surface area (Å²) in [6.07, 6.45) is 2.47. The van der Waals surface area contributed by atoms with Crippen LogP contribution in [0.15, 0.2) is 23.8 Å². The molecule has 0 saturated carbocycles. The van der Waals surface area contributed by atoms with Crippen LogP contribution in [0, 0.1) is 20.8 Å². The maximum Gasteiger partial charge on any atom is 0.346 e. The molecule has 1 aromatic carbocycles. The zero-order valence-corrected chi connectivity index (χ0v) is 12.2. The molecule has 1 aromatic rings. The predicted octanol–water partition coefficient (Wildman–Crippen LogP) is 3.65. The Morgan fingerprint density at radius 3 is 2.16 bits per heavy atom. The summed E-state index contributed by atoms with van der Waals surface area (Å²) in [7, 11) is 0. The molecular formula is C16H20O3. The molecule has 0 unspecified atom stereocenters. The van der Waals surface area contributed by atoms with Gasteiger partial charge in [-0.2, -0.15) is 0 Å². The number of benzene rings is 1. The Bertz CT molecular complexity index is 516. The van der Waals surface area contributed by atoms with Crippen molar-refractivity contribution in [1.29, 1.82) is 0 Å². The largest absolute Gasteiger partial charge is 0.386 e. The summed E-state index contributed by atoms with van der Waals surface area (Å²) < 4.78 is 4.91. The smallest absolute Gasteiger partial charge is 0.346 e. The van der Waals surface area contributed by atoms with Gasteiger partial charge in [0.15, 0.2) is 0 Å². The number of ether oxygens (including phenoxy) is 1. The van der Waals surface area contributed by atoms with Gasteiger partial charge in [-0.15, -0.1) is 0 Å². The average molecular weight is 260 g/mol. The molecule has 0 bridgehead atoms. The van der Waals surface area contributed by atoms with Crippen LogP contribution in [-0.4, -0.2) is 11.9 Å². The minimum Gasteiger partial charge on any atom is -0.386 e. The van der Waals surface area contributed by atoms with Crippen LogP contribution < -0.4 is 0 Å². The molecule has 0 amide bonds. The van der Waals surface area contributed by atoms with Crippen molar-refractivity contribution in [2.45, 2.75) is 41.0 Å². The third-order valence-corrected chi connectivity index (χ3v) is 2.90. The standard InChI is InChI=1S/C16H20O3/c1-6-7-11(3)15(17)19-16(18)14-12(4)8-10(2)9-13(14)5/h7-9H,6H2,1-5H3. The summed E-state index contributed by atoms with van der Waals surface area (Å²) in [5.74, 6) is -1.16. The summed E-state index contributed by atoms with van der Waals surface area (Å²) in [6.45, 7) is 9.22. The van der Waals surface area contributed by atoms with Crippen molar-refractivity contribution in [2.24, 2.45) is 0 Å². The molecule has 3 nitrogen and oxygen atoms in total. The van der Waals surface area contributed by atoms with Gasteiger partial charge in [0.1, 0.15) is 0 Å². The lowest BCUT2D eigenvalue weighted by Gasteiger charge is -2.10. The first-order valence-electron chi connectivity index (χ1n) is 6.38. The molecule has 0 aliphatic rings. The maximum absolute atomic E-state index is 12.0. The van der Waals surface area contributed by atoms with E-state index in [1.807, 2.05) is 39.8 Å². The van der Waals surface area contributed by atoms with E-state index in [4.69, 9.17) is 4.74 Å². The first-order chi connectivity index (χ1) is 8.86. The molecule has 0 aliphatic heterocycles. The van der Waals surface area contributed by atoms with Crippen molar-refractivity contribution in [3.63, 3.8) is 0 Å². The first kappa shape index (κ1) is 15.2. The van der Waals surface area contributed by atoms with Gasteiger partial charge in [-0.1, -0.05) is 30.7 Å². The summed E-state index contributed by atoms with van der Waals surface area (Å²) in [6, 6.07) is 3.81. The van der Waals surface area contributed by atoms with Crippen LogP contribution in [0.3, 0.4) is 0 Å². The zero-order valence-electron chi connectivity index (χ0n) is 12.2. The van der Waals surface area contributed by atoms with E-state index in [1.54, 1.807) is 13.0 Å². The highest BCUT2D eigenvalue weighted by atomic mass is 16.6. The molecule has 0 heterocycles. The van der Waals surface area contributed by atoms with Gasteiger partial charge in [-0.05, 0) is 45.2 Å². The van der Waals surface area contributed by atoms with Gasteiger partial charge in [0.05, 0.1) is 5.56 Å². The van der Waals surface area contributed by atoms with Crippen LogP contribution in [0.2, 0.25) is 0 Å². The lowest BCUT2D eigenvalue weighted by atomic mass is 10.00. The van der Waals surface area contributed by atoms with E-state index in [2.05, 4.69) is 0 Å². The van der Waals surface area contributed by atoms with Gasteiger partial charge in [-0.25, -0.2) is 9.59 Å². The SMILES string of the molecule is CCC=C(C)C(=O)OC(=O)c1c(C)cc(C)cc1C. The fourth-order valence-corrected chi connectivity index (χ4v) is 2.11. The van der Waals surface area contributed by atoms with Crippen molar-refractivity contribution in [1.82, 2.24) is 0 Å². The molecule has 0 N–H and O–H groups in total.